The molecule has 1 radical (unpaired) electrons. The van der Waals surface area contributed by atoms with Gasteiger partial charge in [0.2, 0.25) is 0 Å². The van der Waals surface area contributed by atoms with Crippen molar-refractivity contribution < 1.29 is 0 Å². The number of hydrogen-bond donors (Lipinski definition) is 0. The maximum Gasteiger partial charge on any atom is 0.0849 e. The van der Waals surface area contributed by atoms with Crippen molar-refractivity contribution >= 4 is 11.6 Å². The first kappa shape index (κ1) is 8.60. The second-order valence-electron chi connectivity index (χ2n) is 2.43. The average molecular weight is 172 g/mol. The summed E-state index contributed by atoms with van der Waals surface area (Å²) in [4.78, 5) is 0. The van der Waals surface area contributed by atoms with E-state index in [1.165, 1.54) is 0 Å². The first-order chi connectivity index (χ1) is 5.20. The van der Waals surface area contributed by atoms with Gasteiger partial charge in [0.15, 0.2) is 0 Å². The molecule has 2 nitrogen and oxygen atoms in total. The number of aromatic nitrogens is 2. The van der Waals surface area contributed by atoms with Gasteiger partial charge in [-0.25, -0.2) is 0 Å². The molecule has 0 atom stereocenters. The molecule has 0 fully saturated rings. The minimum atomic E-state index is 0.697. The van der Waals surface area contributed by atoms with E-state index in [4.69, 9.17) is 11.6 Å². The number of hydrogen-bond acceptors (Lipinski definition) is 1. The molecule has 0 N–H and O–H groups in total. The Morgan fingerprint density at radius 2 is 2.27 bits per heavy atom. The van der Waals surface area contributed by atoms with Gasteiger partial charge < -0.3 is 0 Å². The molecule has 0 bridgehead atoms. The van der Waals surface area contributed by atoms with Gasteiger partial charge in [-0.2, -0.15) is 5.10 Å². The monoisotopic (exact) mass is 171 g/mol. The zero-order chi connectivity index (χ0) is 8.43. The van der Waals surface area contributed by atoms with Crippen molar-refractivity contribution in [1.29, 1.82) is 0 Å². The van der Waals surface area contributed by atoms with Crippen molar-refractivity contribution in [3.8, 4) is 0 Å². The fourth-order valence-electron chi connectivity index (χ4n) is 1.09. The topological polar surface area (TPSA) is 17.8 Å². The summed E-state index contributed by atoms with van der Waals surface area (Å²) in [5, 5.41) is 5.03. The van der Waals surface area contributed by atoms with E-state index in [1.54, 1.807) is 4.68 Å². The summed E-state index contributed by atoms with van der Waals surface area (Å²) in [6.45, 7) is 5.82. The molecule has 1 aromatic rings. The zero-order valence-electron chi connectivity index (χ0n) is 6.89. The maximum atomic E-state index is 6.01. The molecule has 11 heavy (non-hydrogen) atoms. The molecule has 0 spiro atoms. The van der Waals surface area contributed by atoms with Crippen LogP contribution in [0.4, 0.5) is 0 Å². The van der Waals surface area contributed by atoms with Crippen LogP contribution in [0.3, 0.4) is 0 Å². The minimum Gasteiger partial charge on any atom is -0.271 e. The predicted octanol–water partition coefficient (Wildman–Crippen LogP) is 2.01. The van der Waals surface area contributed by atoms with E-state index in [1.807, 2.05) is 14.0 Å². The Morgan fingerprint density at radius 3 is 2.55 bits per heavy atom. The smallest absolute Gasteiger partial charge is 0.0849 e. The van der Waals surface area contributed by atoms with E-state index in [9.17, 15) is 0 Å². The van der Waals surface area contributed by atoms with E-state index in [0.29, 0.717) is 6.42 Å². The molecule has 0 amide bonds. The third-order valence-corrected chi connectivity index (χ3v) is 2.18. The summed E-state index contributed by atoms with van der Waals surface area (Å²) < 4.78 is 1.80. The molecule has 1 rings (SSSR count). The summed E-state index contributed by atoms with van der Waals surface area (Å²) >= 11 is 6.01. The molecule has 61 valence electrons. The quantitative estimate of drug-likeness (QED) is 0.666. The molecular formula is C8H12ClN2. The zero-order valence-corrected chi connectivity index (χ0v) is 7.65. The van der Waals surface area contributed by atoms with Gasteiger partial charge in [0.1, 0.15) is 0 Å². The summed E-state index contributed by atoms with van der Waals surface area (Å²) in [7, 11) is 1.89. The fourth-order valence-corrected chi connectivity index (χ4v) is 1.48. The van der Waals surface area contributed by atoms with E-state index in [2.05, 4.69) is 12.0 Å². The second-order valence-corrected chi connectivity index (χ2v) is 2.81. The normalized spacial score (nSPS) is 10.5. The van der Waals surface area contributed by atoms with E-state index in [-0.39, 0.29) is 0 Å². The molecule has 0 saturated carbocycles. The third kappa shape index (κ3) is 1.41. The molecule has 0 saturated heterocycles. The average Bonchev–Trinajstić information content (AvgIpc) is 2.26. The van der Waals surface area contributed by atoms with Crippen molar-refractivity contribution in [3.05, 3.63) is 23.3 Å². The van der Waals surface area contributed by atoms with Crippen LogP contribution in [0.1, 0.15) is 18.3 Å². The standard InChI is InChI=1S/C8H12ClN2/c1-4-6-8(9)7(5-2)11(3)10-6/h2,4-5H2,1,3H3. The lowest BCUT2D eigenvalue weighted by Gasteiger charge is -1.95. The van der Waals surface area contributed by atoms with Crippen LogP contribution in [0, 0.1) is 6.92 Å². The van der Waals surface area contributed by atoms with Gasteiger partial charge in [0, 0.05) is 7.05 Å². The van der Waals surface area contributed by atoms with E-state index < -0.39 is 0 Å². The summed E-state index contributed by atoms with van der Waals surface area (Å²) in [5.74, 6) is 0. The van der Waals surface area contributed by atoms with Crippen LogP contribution < -0.4 is 0 Å². The lowest BCUT2D eigenvalue weighted by Crippen LogP contribution is -1.96. The first-order valence-electron chi connectivity index (χ1n) is 3.70. The van der Waals surface area contributed by atoms with Crippen molar-refractivity contribution in [2.45, 2.75) is 19.8 Å². The Kier molecular flexibility index (Phi) is 2.55. The van der Waals surface area contributed by atoms with Crippen LogP contribution in [0.15, 0.2) is 0 Å². The molecule has 0 aliphatic rings. The predicted molar refractivity (Wildman–Crippen MR) is 46.7 cm³/mol. The lowest BCUT2D eigenvalue weighted by molar-refractivity contribution is 0.712. The highest BCUT2D eigenvalue weighted by molar-refractivity contribution is 6.31. The van der Waals surface area contributed by atoms with Crippen LogP contribution in [0.25, 0.3) is 0 Å². The van der Waals surface area contributed by atoms with Gasteiger partial charge in [-0.05, 0) is 19.8 Å². The van der Waals surface area contributed by atoms with Gasteiger partial charge in [0.25, 0.3) is 0 Å². The van der Waals surface area contributed by atoms with E-state index in [0.717, 1.165) is 22.8 Å². The molecule has 1 heterocycles. The van der Waals surface area contributed by atoms with Crippen molar-refractivity contribution in [1.82, 2.24) is 9.78 Å². The van der Waals surface area contributed by atoms with Crippen LogP contribution in [-0.4, -0.2) is 9.78 Å². The van der Waals surface area contributed by atoms with Crippen LogP contribution in [0.2, 0.25) is 5.02 Å². The molecule has 3 heteroatoms. The Balaban J connectivity index is 3.14. The third-order valence-electron chi connectivity index (χ3n) is 1.74. The molecule has 0 aliphatic heterocycles. The summed E-state index contributed by atoms with van der Waals surface area (Å²) in [6, 6.07) is 0. The largest absolute Gasteiger partial charge is 0.271 e. The van der Waals surface area contributed by atoms with Crippen LogP contribution in [-0.2, 0) is 19.9 Å². The lowest BCUT2D eigenvalue weighted by atomic mass is 10.2. The Labute approximate surface area is 72.2 Å². The van der Waals surface area contributed by atoms with Gasteiger partial charge >= 0.3 is 0 Å². The van der Waals surface area contributed by atoms with Crippen LogP contribution >= 0.6 is 11.6 Å². The molecule has 0 aromatic carbocycles. The Hall–Kier alpha value is -0.500. The highest BCUT2D eigenvalue weighted by Crippen LogP contribution is 2.20. The van der Waals surface area contributed by atoms with Crippen molar-refractivity contribution in [2.24, 2.45) is 7.05 Å². The van der Waals surface area contributed by atoms with E-state index >= 15 is 0 Å². The van der Waals surface area contributed by atoms with Crippen LogP contribution in [0.5, 0.6) is 0 Å². The number of aryl methyl sites for hydroxylation is 2. The molecule has 0 unspecified atom stereocenters. The fraction of sp³-hybridized carbons (Fsp3) is 0.500. The molecular weight excluding hydrogens is 160 g/mol. The highest BCUT2D eigenvalue weighted by Gasteiger charge is 2.09. The molecule has 1 aromatic heterocycles. The highest BCUT2D eigenvalue weighted by atomic mass is 35.5. The van der Waals surface area contributed by atoms with Gasteiger partial charge in [0.05, 0.1) is 16.4 Å². The second kappa shape index (κ2) is 3.26. The maximum absolute atomic E-state index is 6.01. The summed E-state index contributed by atoms with van der Waals surface area (Å²) in [6.07, 6.45) is 1.58. The minimum absolute atomic E-state index is 0.697. The SMILES string of the molecule is [CH2]Cc1c(Cl)c(CC)nn1C. The Morgan fingerprint density at radius 1 is 1.64 bits per heavy atom. The van der Waals surface area contributed by atoms with Crippen molar-refractivity contribution in [2.75, 3.05) is 0 Å². The molecule has 0 aliphatic carbocycles. The Bertz CT molecular complexity index is 253. The number of nitrogens with zero attached hydrogens (tertiary/aromatic N) is 2. The number of halogens is 1. The summed E-state index contributed by atoms with van der Waals surface area (Å²) in [5.41, 5.74) is 1.98. The first-order valence-corrected chi connectivity index (χ1v) is 4.08. The number of rotatable bonds is 2. The van der Waals surface area contributed by atoms with Gasteiger partial charge in [-0.15, -0.1) is 0 Å². The van der Waals surface area contributed by atoms with Gasteiger partial charge in [-0.1, -0.05) is 18.5 Å². The van der Waals surface area contributed by atoms with Crippen molar-refractivity contribution in [3.63, 3.8) is 0 Å². The van der Waals surface area contributed by atoms with Gasteiger partial charge in [-0.3, -0.25) is 4.68 Å².